The van der Waals surface area contributed by atoms with Crippen LogP contribution in [0.2, 0.25) is 5.15 Å². The summed E-state index contributed by atoms with van der Waals surface area (Å²) in [7, 11) is 4.97. The monoisotopic (exact) mass is 374 g/mol. The summed E-state index contributed by atoms with van der Waals surface area (Å²) in [6.45, 7) is 2.66. The number of ether oxygens (including phenoxy) is 3. The Bertz CT molecular complexity index is 765. The highest BCUT2D eigenvalue weighted by Gasteiger charge is 2.21. The molecule has 26 heavy (non-hydrogen) atoms. The fraction of sp³-hybridized carbons (Fsp3) is 0.350. The Kier molecular flexibility index (Phi) is 6.01. The van der Waals surface area contributed by atoms with E-state index >= 15 is 0 Å². The van der Waals surface area contributed by atoms with Gasteiger partial charge < -0.3 is 14.2 Å². The molecule has 1 aromatic heterocycles. The second kappa shape index (κ2) is 8.43. The normalized spacial score (nSPS) is 14.7. The van der Waals surface area contributed by atoms with Crippen LogP contribution in [0.15, 0.2) is 36.5 Å². The molecule has 0 N–H and O–H groups in total. The van der Waals surface area contributed by atoms with Crippen LogP contribution in [-0.4, -0.2) is 44.3 Å². The molecule has 0 radical (unpaired) electrons. The van der Waals surface area contributed by atoms with Crippen molar-refractivity contribution >= 4 is 17.2 Å². The standard InChI is InChI=1S/C20H23ClN2O3/c1-24-16-10-17(25-2)20(18(11-16)26-3)15-6-8-23(9-7-15)13-14-4-5-19(21)22-12-14/h4-6,10-12H,7-9,13H2,1-3H3. The first kappa shape index (κ1) is 18.5. The Hall–Kier alpha value is -2.24. The van der Waals surface area contributed by atoms with Crippen LogP contribution in [0.25, 0.3) is 5.57 Å². The molecule has 138 valence electrons. The Morgan fingerprint density at radius 1 is 1.08 bits per heavy atom. The second-order valence-electron chi connectivity index (χ2n) is 6.11. The molecule has 0 bridgehead atoms. The first-order valence-electron chi connectivity index (χ1n) is 8.46. The lowest BCUT2D eigenvalue weighted by Crippen LogP contribution is -2.28. The average Bonchev–Trinajstić information content (AvgIpc) is 2.69. The molecule has 2 heterocycles. The highest BCUT2D eigenvalue weighted by atomic mass is 35.5. The summed E-state index contributed by atoms with van der Waals surface area (Å²) in [6.07, 6.45) is 4.98. The van der Waals surface area contributed by atoms with Gasteiger partial charge in [0.05, 0.1) is 26.9 Å². The Balaban J connectivity index is 1.79. The van der Waals surface area contributed by atoms with Crippen molar-refractivity contribution in [1.29, 1.82) is 0 Å². The first-order chi connectivity index (χ1) is 12.6. The van der Waals surface area contributed by atoms with E-state index in [2.05, 4.69) is 16.0 Å². The number of rotatable bonds is 6. The van der Waals surface area contributed by atoms with Gasteiger partial charge in [-0.25, -0.2) is 4.98 Å². The Morgan fingerprint density at radius 2 is 1.81 bits per heavy atom. The van der Waals surface area contributed by atoms with E-state index in [0.717, 1.165) is 54.4 Å². The lowest BCUT2D eigenvalue weighted by Gasteiger charge is -2.27. The van der Waals surface area contributed by atoms with Gasteiger partial charge in [0.25, 0.3) is 0 Å². The molecule has 2 aromatic rings. The highest BCUT2D eigenvalue weighted by molar-refractivity contribution is 6.29. The van der Waals surface area contributed by atoms with E-state index in [1.165, 1.54) is 5.57 Å². The number of hydrogen-bond acceptors (Lipinski definition) is 5. The molecular weight excluding hydrogens is 352 g/mol. The van der Waals surface area contributed by atoms with Crippen LogP contribution in [0.5, 0.6) is 17.2 Å². The Morgan fingerprint density at radius 3 is 2.31 bits per heavy atom. The number of pyridine rings is 1. The quantitative estimate of drug-likeness (QED) is 0.714. The second-order valence-corrected chi connectivity index (χ2v) is 6.50. The van der Waals surface area contributed by atoms with Gasteiger partial charge in [0.15, 0.2) is 0 Å². The van der Waals surface area contributed by atoms with Crippen LogP contribution in [0.3, 0.4) is 0 Å². The number of halogens is 1. The van der Waals surface area contributed by atoms with Gasteiger partial charge >= 0.3 is 0 Å². The molecule has 0 fully saturated rings. The zero-order valence-corrected chi connectivity index (χ0v) is 16.0. The lowest BCUT2D eigenvalue weighted by molar-refractivity contribution is 0.293. The molecular formula is C20H23ClN2O3. The molecule has 1 aliphatic heterocycles. The maximum absolute atomic E-state index is 5.85. The van der Waals surface area contributed by atoms with Gasteiger partial charge in [-0.15, -0.1) is 0 Å². The minimum absolute atomic E-state index is 0.522. The molecule has 6 heteroatoms. The SMILES string of the molecule is COc1cc(OC)c(C2=CCN(Cc3ccc(Cl)nc3)CC2)c(OC)c1. The molecule has 0 saturated carbocycles. The summed E-state index contributed by atoms with van der Waals surface area (Å²) in [5, 5.41) is 0.522. The zero-order chi connectivity index (χ0) is 18.5. The van der Waals surface area contributed by atoms with Gasteiger partial charge in [-0.2, -0.15) is 0 Å². The van der Waals surface area contributed by atoms with Crippen molar-refractivity contribution < 1.29 is 14.2 Å². The summed E-state index contributed by atoms with van der Waals surface area (Å²) in [5.74, 6) is 2.25. The van der Waals surface area contributed by atoms with Crippen molar-refractivity contribution in [3.05, 3.63) is 52.8 Å². The van der Waals surface area contributed by atoms with Crippen molar-refractivity contribution in [3.63, 3.8) is 0 Å². The van der Waals surface area contributed by atoms with Crippen molar-refractivity contribution in [2.45, 2.75) is 13.0 Å². The molecule has 3 rings (SSSR count). The number of methoxy groups -OCH3 is 3. The van der Waals surface area contributed by atoms with Crippen molar-refractivity contribution in [3.8, 4) is 17.2 Å². The zero-order valence-electron chi connectivity index (χ0n) is 15.3. The molecule has 1 aromatic carbocycles. The largest absolute Gasteiger partial charge is 0.496 e. The van der Waals surface area contributed by atoms with Crippen LogP contribution in [0.4, 0.5) is 0 Å². The maximum atomic E-state index is 5.85. The lowest BCUT2D eigenvalue weighted by atomic mass is 9.97. The molecule has 0 atom stereocenters. The predicted octanol–water partition coefficient (Wildman–Crippen LogP) is 4.05. The van der Waals surface area contributed by atoms with Crippen LogP contribution in [-0.2, 0) is 6.54 Å². The minimum atomic E-state index is 0.522. The van der Waals surface area contributed by atoms with Crippen LogP contribution >= 0.6 is 11.6 Å². The molecule has 0 amide bonds. The third-order valence-electron chi connectivity index (χ3n) is 4.52. The summed E-state index contributed by atoms with van der Waals surface area (Å²) in [6, 6.07) is 7.63. The van der Waals surface area contributed by atoms with Gasteiger partial charge in [-0.1, -0.05) is 23.7 Å². The van der Waals surface area contributed by atoms with E-state index in [1.54, 1.807) is 21.3 Å². The molecule has 0 saturated heterocycles. The van der Waals surface area contributed by atoms with Crippen LogP contribution in [0.1, 0.15) is 17.5 Å². The molecule has 0 unspecified atom stereocenters. The summed E-state index contributed by atoms with van der Waals surface area (Å²) >= 11 is 5.85. The van der Waals surface area contributed by atoms with Crippen LogP contribution < -0.4 is 14.2 Å². The maximum Gasteiger partial charge on any atom is 0.133 e. The van der Waals surface area contributed by atoms with E-state index in [4.69, 9.17) is 25.8 Å². The molecule has 5 nitrogen and oxygen atoms in total. The minimum Gasteiger partial charge on any atom is -0.496 e. The predicted molar refractivity (Wildman–Crippen MR) is 103 cm³/mol. The third-order valence-corrected chi connectivity index (χ3v) is 4.75. The van der Waals surface area contributed by atoms with Gasteiger partial charge in [0.1, 0.15) is 22.4 Å². The molecule has 0 aliphatic carbocycles. The highest BCUT2D eigenvalue weighted by Crippen LogP contribution is 2.40. The Labute approximate surface area is 159 Å². The third kappa shape index (κ3) is 4.11. The van der Waals surface area contributed by atoms with E-state index in [0.29, 0.717) is 5.15 Å². The molecule has 1 aliphatic rings. The van der Waals surface area contributed by atoms with Crippen molar-refractivity contribution in [1.82, 2.24) is 9.88 Å². The first-order valence-corrected chi connectivity index (χ1v) is 8.84. The van der Waals surface area contributed by atoms with Gasteiger partial charge in [-0.05, 0) is 23.6 Å². The fourth-order valence-corrected chi connectivity index (χ4v) is 3.27. The molecule has 0 spiro atoms. The van der Waals surface area contributed by atoms with E-state index in [9.17, 15) is 0 Å². The summed E-state index contributed by atoms with van der Waals surface area (Å²) in [4.78, 5) is 6.52. The van der Waals surface area contributed by atoms with E-state index < -0.39 is 0 Å². The van der Waals surface area contributed by atoms with Gasteiger partial charge in [-0.3, -0.25) is 4.90 Å². The van der Waals surface area contributed by atoms with Crippen molar-refractivity contribution in [2.24, 2.45) is 0 Å². The average molecular weight is 375 g/mol. The van der Waals surface area contributed by atoms with Gasteiger partial charge in [0.2, 0.25) is 0 Å². The van der Waals surface area contributed by atoms with E-state index in [-0.39, 0.29) is 0 Å². The summed E-state index contributed by atoms with van der Waals surface area (Å²) < 4.78 is 16.5. The smallest absolute Gasteiger partial charge is 0.133 e. The topological polar surface area (TPSA) is 43.8 Å². The van der Waals surface area contributed by atoms with E-state index in [1.807, 2.05) is 30.5 Å². The van der Waals surface area contributed by atoms with Crippen LogP contribution in [0, 0.1) is 0 Å². The fourth-order valence-electron chi connectivity index (χ4n) is 3.16. The number of aromatic nitrogens is 1. The number of nitrogens with zero attached hydrogens (tertiary/aromatic N) is 2. The summed E-state index contributed by atoms with van der Waals surface area (Å²) in [5.41, 5.74) is 3.39. The number of hydrogen-bond donors (Lipinski definition) is 0. The van der Waals surface area contributed by atoms with Gasteiger partial charge in [0, 0.05) is 38.0 Å². The number of benzene rings is 1. The van der Waals surface area contributed by atoms with Crippen molar-refractivity contribution in [2.75, 3.05) is 34.4 Å².